The summed E-state index contributed by atoms with van der Waals surface area (Å²) < 4.78 is 24.3. The van der Waals surface area contributed by atoms with Gasteiger partial charge in [0, 0.05) is 19.8 Å². The number of aromatic nitrogens is 2. The Hall–Kier alpha value is -2.48. The highest BCUT2D eigenvalue weighted by Gasteiger charge is 2.18. The third-order valence-corrected chi connectivity index (χ3v) is 6.17. The molecule has 2 aromatic rings. The maximum absolute atomic E-state index is 12.2. The molecule has 0 saturated carbocycles. The van der Waals surface area contributed by atoms with Gasteiger partial charge in [-0.25, -0.2) is 18.4 Å². The zero-order valence-corrected chi connectivity index (χ0v) is 17.2. The van der Waals surface area contributed by atoms with E-state index in [0.717, 1.165) is 17.0 Å². The molecule has 2 rings (SSSR count). The molecule has 146 valence electrons. The second kappa shape index (κ2) is 8.47. The van der Waals surface area contributed by atoms with Crippen LogP contribution in [0.4, 0.5) is 5.95 Å². The molecule has 1 aromatic heterocycles. The van der Waals surface area contributed by atoms with Gasteiger partial charge in [-0.15, -0.1) is 0 Å². The molecule has 0 bridgehead atoms. The molecule has 0 saturated heterocycles. The predicted molar refractivity (Wildman–Crippen MR) is 105 cm³/mol. The molecule has 8 heteroatoms. The Kier molecular flexibility index (Phi) is 6.54. The van der Waals surface area contributed by atoms with Crippen LogP contribution in [0.3, 0.4) is 0 Å². The van der Waals surface area contributed by atoms with E-state index in [-0.39, 0.29) is 17.2 Å². The molecular formula is C19H26N4O3S. The van der Waals surface area contributed by atoms with Gasteiger partial charge in [0.1, 0.15) is 0 Å². The highest BCUT2D eigenvalue weighted by molar-refractivity contribution is 7.92. The predicted octanol–water partition coefficient (Wildman–Crippen LogP) is 1.89. The first-order valence-electron chi connectivity index (χ1n) is 8.71. The van der Waals surface area contributed by atoms with Crippen LogP contribution >= 0.6 is 0 Å². The van der Waals surface area contributed by atoms with E-state index in [4.69, 9.17) is 0 Å². The molecule has 1 amide bonds. The molecule has 1 N–H and O–H groups in total. The van der Waals surface area contributed by atoms with E-state index in [1.165, 1.54) is 0 Å². The molecule has 0 radical (unpaired) electrons. The van der Waals surface area contributed by atoms with Crippen LogP contribution in [-0.2, 0) is 27.6 Å². The quantitative estimate of drug-likeness (QED) is 0.776. The standard InChI is InChI=1S/C19H26N4O3S/c1-13(2)27(25,26)17-8-6-15(7-9-17)11-18(24)20-12-16-10-14(3)21-19(22-16)23(4)5/h6-10,13H,11-12H2,1-5H3,(H,20,24). The van der Waals surface area contributed by atoms with E-state index in [9.17, 15) is 13.2 Å². The second-order valence-corrected chi connectivity index (χ2v) is 9.39. The largest absolute Gasteiger partial charge is 0.350 e. The van der Waals surface area contributed by atoms with E-state index in [1.54, 1.807) is 38.1 Å². The van der Waals surface area contributed by atoms with Crippen LogP contribution in [0, 0.1) is 6.92 Å². The minimum atomic E-state index is -3.30. The highest BCUT2D eigenvalue weighted by Crippen LogP contribution is 2.16. The maximum Gasteiger partial charge on any atom is 0.225 e. The Bertz CT molecular complexity index is 907. The molecule has 0 unspecified atom stereocenters. The van der Waals surface area contributed by atoms with Crippen LogP contribution in [0.15, 0.2) is 35.2 Å². The summed E-state index contributed by atoms with van der Waals surface area (Å²) in [5, 5.41) is 2.36. The summed E-state index contributed by atoms with van der Waals surface area (Å²) in [5.41, 5.74) is 2.32. The van der Waals surface area contributed by atoms with Gasteiger partial charge in [-0.05, 0) is 44.5 Å². The van der Waals surface area contributed by atoms with Crippen molar-refractivity contribution in [3.63, 3.8) is 0 Å². The summed E-state index contributed by atoms with van der Waals surface area (Å²) in [4.78, 5) is 23.0. The first-order valence-corrected chi connectivity index (χ1v) is 10.3. The molecule has 0 fully saturated rings. The Labute approximate surface area is 160 Å². The lowest BCUT2D eigenvalue weighted by molar-refractivity contribution is -0.120. The number of rotatable bonds is 7. The lowest BCUT2D eigenvalue weighted by Crippen LogP contribution is -2.25. The minimum Gasteiger partial charge on any atom is -0.350 e. The number of anilines is 1. The van der Waals surface area contributed by atoms with Crippen molar-refractivity contribution >= 4 is 21.7 Å². The van der Waals surface area contributed by atoms with Crippen molar-refractivity contribution in [3.05, 3.63) is 47.3 Å². The number of nitrogens with one attached hydrogen (secondary N) is 1. The SMILES string of the molecule is Cc1cc(CNC(=O)Cc2ccc(S(=O)(=O)C(C)C)cc2)nc(N(C)C)n1. The molecular weight excluding hydrogens is 364 g/mol. The van der Waals surface area contributed by atoms with E-state index in [1.807, 2.05) is 32.0 Å². The summed E-state index contributed by atoms with van der Waals surface area (Å²) in [7, 11) is 0.420. The highest BCUT2D eigenvalue weighted by atomic mass is 32.2. The van der Waals surface area contributed by atoms with Gasteiger partial charge in [0.05, 0.1) is 28.8 Å². The molecule has 27 heavy (non-hydrogen) atoms. The number of carbonyl (C=O) groups is 1. The number of hydrogen-bond donors (Lipinski definition) is 1. The Balaban J connectivity index is 1.98. The first kappa shape index (κ1) is 20.8. The third-order valence-electron chi connectivity index (χ3n) is 4.00. The van der Waals surface area contributed by atoms with Crippen LogP contribution in [0.5, 0.6) is 0 Å². The van der Waals surface area contributed by atoms with E-state index in [0.29, 0.717) is 12.5 Å². The van der Waals surface area contributed by atoms with Crippen molar-refractivity contribution in [2.24, 2.45) is 0 Å². The van der Waals surface area contributed by atoms with Gasteiger partial charge in [0.25, 0.3) is 0 Å². The lowest BCUT2D eigenvalue weighted by atomic mass is 10.1. The van der Waals surface area contributed by atoms with Crippen molar-refractivity contribution < 1.29 is 13.2 Å². The Morgan fingerprint density at radius 2 is 1.78 bits per heavy atom. The van der Waals surface area contributed by atoms with Gasteiger partial charge >= 0.3 is 0 Å². The zero-order valence-electron chi connectivity index (χ0n) is 16.4. The smallest absolute Gasteiger partial charge is 0.225 e. The van der Waals surface area contributed by atoms with Crippen LogP contribution in [0.1, 0.15) is 30.8 Å². The fraction of sp³-hybridized carbons (Fsp3) is 0.421. The molecule has 1 heterocycles. The van der Waals surface area contributed by atoms with Crippen molar-refractivity contribution in [1.29, 1.82) is 0 Å². The number of nitrogens with zero attached hydrogens (tertiary/aromatic N) is 3. The van der Waals surface area contributed by atoms with E-state index >= 15 is 0 Å². The molecule has 1 aromatic carbocycles. The number of aryl methyl sites for hydroxylation is 1. The van der Waals surface area contributed by atoms with Crippen molar-refractivity contribution in [2.45, 2.75) is 43.9 Å². The maximum atomic E-state index is 12.2. The summed E-state index contributed by atoms with van der Waals surface area (Å²) in [6.45, 7) is 5.48. The average Bonchev–Trinajstić information content (AvgIpc) is 2.60. The van der Waals surface area contributed by atoms with Gasteiger partial charge in [0.15, 0.2) is 9.84 Å². The molecule has 0 aliphatic rings. The molecule has 0 spiro atoms. The first-order chi connectivity index (χ1) is 12.6. The fourth-order valence-corrected chi connectivity index (χ4v) is 3.47. The molecule has 0 aliphatic heterocycles. The lowest BCUT2D eigenvalue weighted by Gasteiger charge is -2.13. The number of carbonyl (C=O) groups excluding carboxylic acids is 1. The van der Waals surface area contributed by atoms with Crippen LogP contribution < -0.4 is 10.2 Å². The fourth-order valence-electron chi connectivity index (χ4n) is 2.41. The van der Waals surface area contributed by atoms with Crippen molar-refractivity contribution in [2.75, 3.05) is 19.0 Å². The summed E-state index contributed by atoms with van der Waals surface area (Å²) in [6.07, 6.45) is 0.173. The van der Waals surface area contributed by atoms with Crippen LogP contribution in [-0.4, -0.2) is 43.6 Å². The van der Waals surface area contributed by atoms with E-state index in [2.05, 4.69) is 15.3 Å². The minimum absolute atomic E-state index is 0.155. The summed E-state index contributed by atoms with van der Waals surface area (Å²) in [5.74, 6) is 0.443. The van der Waals surface area contributed by atoms with Crippen LogP contribution in [0.25, 0.3) is 0 Å². The topological polar surface area (TPSA) is 92.3 Å². The Morgan fingerprint density at radius 1 is 1.15 bits per heavy atom. The van der Waals surface area contributed by atoms with Gasteiger partial charge in [-0.3, -0.25) is 4.79 Å². The monoisotopic (exact) mass is 390 g/mol. The number of sulfone groups is 1. The molecule has 0 aliphatic carbocycles. The van der Waals surface area contributed by atoms with Crippen molar-refractivity contribution in [3.8, 4) is 0 Å². The molecule has 7 nitrogen and oxygen atoms in total. The summed E-state index contributed by atoms with van der Waals surface area (Å²) in [6, 6.07) is 8.28. The van der Waals surface area contributed by atoms with Gasteiger partial charge in [-0.1, -0.05) is 12.1 Å². The van der Waals surface area contributed by atoms with E-state index < -0.39 is 15.1 Å². The third kappa shape index (κ3) is 5.50. The number of benzene rings is 1. The summed E-state index contributed by atoms with van der Waals surface area (Å²) >= 11 is 0. The van der Waals surface area contributed by atoms with Gasteiger partial charge in [0.2, 0.25) is 11.9 Å². The normalized spacial score (nSPS) is 11.5. The van der Waals surface area contributed by atoms with Crippen molar-refractivity contribution in [1.82, 2.24) is 15.3 Å². The van der Waals surface area contributed by atoms with Gasteiger partial charge in [-0.2, -0.15) is 0 Å². The number of amides is 1. The van der Waals surface area contributed by atoms with Crippen LogP contribution in [0.2, 0.25) is 0 Å². The second-order valence-electron chi connectivity index (χ2n) is 6.89. The zero-order chi connectivity index (χ0) is 20.2. The number of hydrogen-bond acceptors (Lipinski definition) is 6. The molecule has 0 atom stereocenters. The Morgan fingerprint density at radius 3 is 2.33 bits per heavy atom. The average molecular weight is 391 g/mol. The van der Waals surface area contributed by atoms with Gasteiger partial charge < -0.3 is 10.2 Å².